The quantitative estimate of drug-likeness (QED) is 0.491. The highest BCUT2D eigenvalue weighted by atomic mass is 79.9. The molecule has 0 bridgehead atoms. The number of allylic oxidation sites excluding steroid dienone is 2. The fourth-order valence-corrected chi connectivity index (χ4v) is 1.47. The number of hydrogen-bond acceptors (Lipinski definition) is 0. The van der Waals surface area contributed by atoms with E-state index in [-0.39, 0.29) is 0 Å². The van der Waals surface area contributed by atoms with Gasteiger partial charge in [-0.1, -0.05) is 32.3 Å². The van der Waals surface area contributed by atoms with Gasteiger partial charge in [0.25, 0.3) is 0 Å². The van der Waals surface area contributed by atoms with Crippen molar-refractivity contribution >= 4 is 15.9 Å². The molecule has 0 nitrogen and oxygen atoms in total. The molecule has 0 aliphatic heterocycles. The third-order valence-electron chi connectivity index (χ3n) is 1.51. The SMILES string of the molecule is CCCC(=CC(F)(F)Br)CCC. The molecule has 72 valence electrons. The van der Waals surface area contributed by atoms with Gasteiger partial charge in [0.15, 0.2) is 0 Å². The minimum absolute atomic E-state index is 0.773. The van der Waals surface area contributed by atoms with E-state index in [1.807, 2.05) is 13.8 Å². The van der Waals surface area contributed by atoms with Gasteiger partial charge in [0, 0.05) is 0 Å². The highest BCUT2D eigenvalue weighted by Gasteiger charge is 2.20. The van der Waals surface area contributed by atoms with Crippen LogP contribution in [0.4, 0.5) is 8.78 Å². The van der Waals surface area contributed by atoms with Crippen molar-refractivity contribution in [3.05, 3.63) is 11.6 Å². The number of alkyl halides is 3. The van der Waals surface area contributed by atoms with Crippen molar-refractivity contribution in [3.63, 3.8) is 0 Å². The largest absolute Gasteiger partial charge is 0.320 e. The van der Waals surface area contributed by atoms with Crippen molar-refractivity contribution in [3.8, 4) is 0 Å². The highest BCUT2D eigenvalue weighted by Crippen LogP contribution is 2.27. The van der Waals surface area contributed by atoms with E-state index in [4.69, 9.17) is 0 Å². The third kappa shape index (κ3) is 6.77. The van der Waals surface area contributed by atoms with Gasteiger partial charge in [0.2, 0.25) is 0 Å². The van der Waals surface area contributed by atoms with Crippen LogP contribution in [0, 0.1) is 0 Å². The summed E-state index contributed by atoms with van der Waals surface area (Å²) >= 11 is 2.31. The second-order valence-electron chi connectivity index (χ2n) is 2.84. The summed E-state index contributed by atoms with van der Waals surface area (Å²) in [7, 11) is 0. The Morgan fingerprint density at radius 2 is 1.67 bits per heavy atom. The molecule has 3 heteroatoms. The predicted octanol–water partition coefficient (Wildman–Crippen LogP) is 4.50. The van der Waals surface area contributed by atoms with Gasteiger partial charge in [-0.05, 0) is 34.8 Å². The van der Waals surface area contributed by atoms with Crippen LogP contribution in [-0.4, -0.2) is 4.83 Å². The Morgan fingerprint density at radius 3 is 1.92 bits per heavy atom. The first-order chi connectivity index (χ1) is 5.49. The maximum absolute atomic E-state index is 12.5. The summed E-state index contributed by atoms with van der Waals surface area (Å²) in [5, 5.41) is 0. The summed E-state index contributed by atoms with van der Waals surface area (Å²) in [6.07, 6.45) is 4.42. The lowest BCUT2D eigenvalue weighted by Gasteiger charge is -2.07. The lowest BCUT2D eigenvalue weighted by atomic mass is 10.1. The van der Waals surface area contributed by atoms with Crippen LogP contribution >= 0.6 is 15.9 Å². The molecule has 0 amide bonds. The van der Waals surface area contributed by atoms with Crippen molar-refractivity contribution in [2.75, 3.05) is 0 Å². The second-order valence-corrected chi connectivity index (χ2v) is 3.90. The van der Waals surface area contributed by atoms with E-state index in [1.54, 1.807) is 0 Å². The molecule has 0 aliphatic carbocycles. The molecule has 0 aliphatic rings. The van der Waals surface area contributed by atoms with Gasteiger partial charge in [-0.2, -0.15) is 8.78 Å². The van der Waals surface area contributed by atoms with E-state index in [1.165, 1.54) is 0 Å². The molecule has 0 N–H and O–H groups in total. The molecule has 0 saturated heterocycles. The zero-order chi connectivity index (χ0) is 9.61. The number of rotatable bonds is 5. The lowest BCUT2D eigenvalue weighted by molar-refractivity contribution is 0.169. The zero-order valence-electron chi connectivity index (χ0n) is 7.54. The van der Waals surface area contributed by atoms with Gasteiger partial charge >= 0.3 is 4.83 Å². The van der Waals surface area contributed by atoms with E-state index in [0.717, 1.165) is 37.3 Å². The van der Waals surface area contributed by atoms with Crippen molar-refractivity contribution < 1.29 is 8.78 Å². The molecule has 0 rings (SSSR count). The zero-order valence-corrected chi connectivity index (χ0v) is 9.13. The molecule has 0 aromatic carbocycles. The maximum Gasteiger partial charge on any atom is 0.320 e. The molecule has 12 heavy (non-hydrogen) atoms. The fourth-order valence-electron chi connectivity index (χ4n) is 1.14. The number of hydrogen-bond donors (Lipinski definition) is 0. The average molecular weight is 241 g/mol. The van der Waals surface area contributed by atoms with Crippen molar-refractivity contribution in [1.82, 2.24) is 0 Å². The molecular formula is C9H15BrF2. The maximum atomic E-state index is 12.5. The topological polar surface area (TPSA) is 0 Å². The molecule has 0 atom stereocenters. The summed E-state index contributed by atoms with van der Waals surface area (Å²) < 4.78 is 24.9. The van der Waals surface area contributed by atoms with Crippen LogP contribution in [0.2, 0.25) is 0 Å². The smallest absolute Gasteiger partial charge is 0.189 e. The monoisotopic (exact) mass is 240 g/mol. The van der Waals surface area contributed by atoms with E-state index in [0.29, 0.717) is 0 Å². The average Bonchev–Trinajstić information content (AvgIpc) is 1.84. The molecule has 0 aromatic heterocycles. The normalized spacial score (nSPS) is 11.4. The Hall–Kier alpha value is 0.0800. The molecule has 0 unspecified atom stereocenters. The minimum Gasteiger partial charge on any atom is -0.189 e. The molecule has 0 radical (unpaired) electrons. The summed E-state index contributed by atoms with van der Waals surface area (Å²) in [5.41, 5.74) is 0.849. The minimum atomic E-state index is -2.83. The van der Waals surface area contributed by atoms with Gasteiger partial charge in [-0.25, -0.2) is 0 Å². The first kappa shape index (κ1) is 12.1. The van der Waals surface area contributed by atoms with Gasteiger partial charge in [0.05, 0.1) is 0 Å². The van der Waals surface area contributed by atoms with Crippen LogP contribution < -0.4 is 0 Å². The first-order valence-corrected chi connectivity index (χ1v) is 5.06. The number of halogens is 3. The Morgan fingerprint density at radius 1 is 1.25 bits per heavy atom. The lowest BCUT2D eigenvalue weighted by Crippen LogP contribution is -2.01. The van der Waals surface area contributed by atoms with Crippen LogP contribution in [0.25, 0.3) is 0 Å². The van der Waals surface area contributed by atoms with Gasteiger partial charge in [-0.15, -0.1) is 0 Å². The predicted molar refractivity (Wildman–Crippen MR) is 51.8 cm³/mol. The summed E-state index contributed by atoms with van der Waals surface area (Å²) in [4.78, 5) is -2.83. The van der Waals surface area contributed by atoms with E-state index in [2.05, 4.69) is 15.9 Å². The van der Waals surface area contributed by atoms with E-state index in [9.17, 15) is 8.78 Å². The molecule has 0 heterocycles. The third-order valence-corrected chi connectivity index (χ3v) is 1.74. The van der Waals surface area contributed by atoms with Crippen molar-refractivity contribution in [2.24, 2.45) is 0 Å². The van der Waals surface area contributed by atoms with Crippen molar-refractivity contribution in [2.45, 2.75) is 44.4 Å². The molecule has 0 fully saturated rings. The van der Waals surface area contributed by atoms with Gasteiger partial charge in [0.1, 0.15) is 0 Å². The highest BCUT2D eigenvalue weighted by molar-refractivity contribution is 9.10. The summed E-state index contributed by atoms with van der Waals surface area (Å²) in [6, 6.07) is 0. The first-order valence-electron chi connectivity index (χ1n) is 4.27. The summed E-state index contributed by atoms with van der Waals surface area (Å²) in [5.74, 6) is 0. The Balaban J connectivity index is 4.17. The molecule has 0 saturated carbocycles. The van der Waals surface area contributed by atoms with Crippen LogP contribution in [0.5, 0.6) is 0 Å². The van der Waals surface area contributed by atoms with Crippen LogP contribution in [-0.2, 0) is 0 Å². The molecule has 0 aromatic rings. The van der Waals surface area contributed by atoms with Crippen LogP contribution in [0.1, 0.15) is 39.5 Å². The van der Waals surface area contributed by atoms with Crippen LogP contribution in [0.3, 0.4) is 0 Å². The van der Waals surface area contributed by atoms with Gasteiger partial charge < -0.3 is 0 Å². The van der Waals surface area contributed by atoms with E-state index >= 15 is 0 Å². The van der Waals surface area contributed by atoms with Gasteiger partial charge in [-0.3, -0.25) is 0 Å². The fraction of sp³-hybridized carbons (Fsp3) is 0.778. The Kier molecular flexibility index (Phi) is 5.72. The molecule has 0 spiro atoms. The van der Waals surface area contributed by atoms with E-state index < -0.39 is 4.83 Å². The Labute approximate surface area is 81.2 Å². The molecular weight excluding hydrogens is 226 g/mol. The van der Waals surface area contributed by atoms with Crippen LogP contribution in [0.15, 0.2) is 11.6 Å². The second kappa shape index (κ2) is 5.68. The van der Waals surface area contributed by atoms with Crippen molar-refractivity contribution in [1.29, 1.82) is 0 Å². The standard InChI is InChI=1S/C9H15BrF2/c1-3-5-8(6-4-2)7-9(10,11)12/h7H,3-6H2,1-2H3. The Bertz CT molecular complexity index is 139. The summed E-state index contributed by atoms with van der Waals surface area (Å²) in [6.45, 7) is 3.99.